The van der Waals surface area contributed by atoms with Crippen molar-refractivity contribution in [2.75, 3.05) is 19.7 Å². The van der Waals surface area contributed by atoms with Crippen LogP contribution in [0.1, 0.15) is 19.8 Å². The molecule has 132 valence electrons. The number of para-hydroxylation sites is 1. The SMILES string of the molecule is CCCCNCC(O)COc1ccc2c(=O)c3ccccc3oc2c1. The van der Waals surface area contributed by atoms with E-state index in [2.05, 4.69) is 12.2 Å². The molecule has 0 aliphatic rings. The number of benzene rings is 2. The van der Waals surface area contributed by atoms with Crippen LogP contribution in [0.5, 0.6) is 5.75 Å². The van der Waals surface area contributed by atoms with E-state index in [0.717, 1.165) is 19.4 Å². The molecule has 0 aliphatic heterocycles. The summed E-state index contributed by atoms with van der Waals surface area (Å²) in [5.41, 5.74) is 0.984. The molecule has 0 amide bonds. The van der Waals surface area contributed by atoms with Crippen molar-refractivity contribution in [3.63, 3.8) is 0 Å². The van der Waals surface area contributed by atoms with E-state index in [-0.39, 0.29) is 12.0 Å². The average Bonchev–Trinajstić information content (AvgIpc) is 2.63. The van der Waals surface area contributed by atoms with Crippen molar-refractivity contribution in [1.82, 2.24) is 5.32 Å². The van der Waals surface area contributed by atoms with Gasteiger partial charge in [0.25, 0.3) is 0 Å². The minimum absolute atomic E-state index is 0.0523. The van der Waals surface area contributed by atoms with Gasteiger partial charge in [0.15, 0.2) is 0 Å². The van der Waals surface area contributed by atoms with Crippen molar-refractivity contribution in [2.45, 2.75) is 25.9 Å². The van der Waals surface area contributed by atoms with Crippen LogP contribution in [0, 0.1) is 0 Å². The van der Waals surface area contributed by atoms with E-state index in [9.17, 15) is 9.90 Å². The monoisotopic (exact) mass is 341 g/mol. The number of aliphatic hydroxyl groups excluding tert-OH is 1. The van der Waals surface area contributed by atoms with Gasteiger partial charge in [-0.15, -0.1) is 0 Å². The van der Waals surface area contributed by atoms with Crippen molar-refractivity contribution < 1.29 is 14.3 Å². The zero-order valence-electron chi connectivity index (χ0n) is 14.3. The van der Waals surface area contributed by atoms with Crippen LogP contribution >= 0.6 is 0 Å². The molecule has 0 saturated heterocycles. The molecule has 0 saturated carbocycles. The zero-order valence-corrected chi connectivity index (χ0v) is 14.3. The zero-order chi connectivity index (χ0) is 17.6. The molecule has 5 heteroatoms. The van der Waals surface area contributed by atoms with Crippen LogP contribution < -0.4 is 15.5 Å². The summed E-state index contributed by atoms with van der Waals surface area (Å²) in [5, 5.41) is 14.2. The van der Waals surface area contributed by atoms with E-state index in [1.807, 2.05) is 12.1 Å². The lowest BCUT2D eigenvalue weighted by molar-refractivity contribution is 0.106. The Morgan fingerprint density at radius 2 is 1.96 bits per heavy atom. The fourth-order valence-electron chi connectivity index (χ4n) is 2.69. The minimum atomic E-state index is -0.587. The lowest BCUT2D eigenvalue weighted by atomic mass is 10.1. The third kappa shape index (κ3) is 4.18. The van der Waals surface area contributed by atoms with Gasteiger partial charge in [0.1, 0.15) is 29.6 Å². The Hall–Kier alpha value is -2.37. The molecule has 25 heavy (non-hydrogen) atoms. The second kappa shape index (κ2) is 8.14. The van der Waals surface area contributed by atoms with Crippen LogP contribution in [-0.4, -0.2) is 30.9 Å². The topological polar surface area (TPSA) is 71.7 Å². The van der Waals surface area contributed by atoms with Crippen LogP contribution in [0.2, 0.25) is 0 Å². The van der Waals surface area contributed by atoms with Crippen molar-refractivity contribution >= 4 is 21.9 Å². The highest BCUT2D eigenvalue weighted by molar-refractivity contribution is 5.90. The molecule has 0 aliphatic carbocycles. The first-order chi connectivity index (χ1) is 12.2. The van der Waals surface area contributed by atoms with Gasteiger partial charge in [-0.2, -0.15) is 0 Å². The summed E-state index contributed by atoms with van der Waals surface area (Å²) in [4.78, 5) is 12.5. The quantitative estimate of drug-likeness (QED) is 0.487. The van der Waals surface area contributed by atoms with Crippen LogP contribution in [0.3, 0.4) is 0 Å². The first-order valence-electron chi connectivity index (χ1n) is 8.66. The normalized spacial score (nSPS) is 12.6. The van der Waals surface area contributed by atoms with Gasteiger partial charge in [0, 0.05) is 12.6 Å². The Balaban J connectivity index is 1.71. The first kappa shape index (κ1) is 17.5. The largest absolute Gasteiger partial charge is 0.491 e. The molecule has 0 radical (unpaired) electrons. The summed E-state index contributed by atoms with van der Waals surface area (Å²) in [7, 11) is 0. The van der Waals surface area contributed by atoms with Gasteiger partial charge in [-0.1, -0.05) is 25.5 Å². The lowest BCUT2D eigenvalue weighted by Gasteiger charge is -2.13. The summed E-state index contributed by atoms with van der Waals surface area (Å²) in [6.07, 6.45) is 1.62. The van der Waals surface area contributed by atoms with E-state index in [1.54, 1.807) is 30.3 Å². The maximum atomic E-state index is 12.5. The van der Waals surface area contributed by atoms with Gasteiger partial charge in [-0.3, -0.25) is 4.79 Å². The maximum absolute atomic E-state index is 12.5. The minimum Gasteiger partial charge on any atom is -0.491 e. The molecule has 2 aromatic carbocycles. The molecule has 0 fully saturated rings. The predicted octanol–water partition coefficient (Wildman–Crippen LogP) is 3.08. The van der Waals surface area contributed by atoms with E-state index in [4.69, 9.17) is 9.15 Å². The highest BCUT2D eigenvalue weighted by Crippen LogP contribution is 2.22. The molecule has 1 aromatic heterocycles. The molecule has 3 rings (SSSR count). The number of ether oxygens (including phenoxy) is 1. The van der Waals surface area contributed by atoms with Crippen LogP contribution in [0.25, 0.3) is 21.9 Å². The molecular weight excluding hydrogens is 318 g/mol. The fourth-order valence-corrected chi connectivity index (χ4v) is 2.69. The van der Waals surface area contributed by atoms with Crippen molar-refractivity contribution in [2.24, 2.45) is 0 Å². The molecule has 2 N–H and O–H groups in total. The molecule has 1 heterocycles. The lowest BCUT2D eigenvalue weighted by Crippen LogP contribution is -2.31. The van der Waals surface area contributed by atoms with Gasteiger partial charge in [-0.25, -0.2) is 0 Å². The number of hydrogen-bond acceptors (Lipinski definition) is 5. The molecule has 1 unspecified atom stereocenters. The highest BCUT2D eigenvalue weighted by Gasteiger charge is 2.09. The van der Waals surface area contributed by atoms with Crippen LogP contribution in [0.15, 0.2) is 51.7 Å². The summed E-state index contributed by atoms with van der Waals surface area (Å²) >= 11 is 0. The molecule has 0 bridgehead atoms. The second-order valence-corrected chi connectivity index (χ2v) is 6.11. The second-order valence-electron chi connectivity index (χ2n) is 6.11. The number of fused-ring (bicyclic) bond motifs is 2. The standard InChI is InChI=1S/C20H23NO4/c1-2-3-10-21-12-14(22)13-24-15-8-9-17-19(11-15)25-18-7-5-4-6-16(18)20(17)23/h4-9,11,14,21-22H,2-3,10,12-13H2,1H3. The molecule has 0 spiro atoms. The Kier molecular flexibility index (Phi) is 5.68. The van der Waals surface area contributed by atoms with Crippen LogP contribution in [0.4, 0.5) is 0 Å². The molecule has 5 nitrogen and oxygen atoms in total. The van der Waals surface area contributed by atoms with Gasteiger partial charge in [0.05, 0.1) is 10.8 Å². The van der Waals surface area contributed by atoms with E-state index < -0.39 is 6.10 Å². The van der Waals surface area contributed by atoms with E-state index in [0.29, 0.717) is 34.2 Å². The summed E-state index contributed by atoms with van der Waals surface area (Å²) in [5.74, 6) is 0.568. The average molecular weight is 341 g/mol. The summed E-state index contributed by atoms with van der Waals surface area (Å²) in [6, 6.07) is 12.3. The predicted molar refractivity (Wildman–Crippen MR) is 99.3 cm³/mol. The number of nitrogens with one attached hydrogen (secondary N) is 1. The Bertz CT molecular complexity index is 903. The van der Waals surface area contributed by atoms with Crippen molar-refractivity contribution in [3.8, 4) is 5.75 Å². The third-order valence-corrected chi connectivity index (χ3v) is 4.08. The van der Waals surface area contributed by atoms with Gasteiger partial charge in [-0.05, 0) is 37.2 Å². The molecular formula is C20H23NO4. The summed E-state index contributed by atoms with van der Waals surface area (Å²) < 4.78 is 11.4. The summed E-state index contributed by atoms with van der Waals surface area (Å²) in [6.45, 7) is 3.69. The fraction of sp³-hybridized carbons (Fsp3) is 0.350. The molecule has 1 atom stereocenters. The van der Waals surface area contributed by atoms with E-state index >= 15 is 0 Å². The number of aliphatic hydroxyl groups is 1. The number of hydrogen-bond donors (Lipinski definition) is 2. The smallest absolute Gasteiger partial charge is 0.200 e. The van der Waals surface area contributed by atoms with E-state index in [1.165, 1.54) is 0 Å². The number of unbranched alkanes of at least 4 members (excludes halogenated alkanes) is 1. The molecule has 3 aromatic rings. The van der Waals surface area contributed by atoms with Gasteiger partial charge < -0.3 is 19.6 Å². The number of rotatable bonds is 8. The van der Waals surface area contributed by atoms with Gasteiger partial charge >= 0.3 is 0 Å². The third-order valence-electron chi connectivity index (χ3n) is 4.08. The van der Waals surface area contributed by atoms with Gasteiger partial charge in [0.2, 0.25) is 5.43 Å². The Morgan fingerprint density at radius 3 is 2.80 bits per heavy atom. The van der Waals surface area contributed by atoms with Crippen molar-refractivity contribution in [3.05, 3.63) is 52.7 Å². The first-order valence-corrected chi connectivity index (χ1v) is 8.66. The highest BCUT2D eigenvalue weighted by atomic mass is 16.5. The van der Waals surface area contributed by atoms with Crippen molar-refractivity contribution in [1.29, 1.82) is 0 Å². The van der Waals surface area contributed by atoms with Crippen LogP contribution in [-0.2, 0) is 0 Å². The maximum Gasteiger partial charge on any atom is 0.200 e. The Morgan fingerprint density at radius 1 is 1.16 bits per heavy atom. The Labute approximate surface area is 146 Å².